The summed E-state index contributed by atoms with van der Waals surface area (Å²) in [6.45, 7) is 14.9. The van der Waals surface area contributed by atoms with Gasteiger partial charge in [-0.25, -0.2) is 43.1 Å². The molecule has 18 atom stereocenters. The summed E-state index contributed by atoms with van der Waals surface area (Å²) in [5.74, 6) is -0.426. The Kier molecular flexibility index (Phi) is 25.3. The second kappa shape index (κ2) is 33.9. The molecule has 8 aromatic heterocycles. The summed E-state index contributed by atoms with van der Waals surface area (Å²) in [4.78, 5) is 81.5. The highest BCUT2D eigenvalue weighted by atomic mass is 32.5. The maximum absolute atomic E-state index is 12.4. The Hall–Kier alpha value is -6.92. The summed E-state index contributed by atoms with van der Waals surface area (Å²) in [5, 5.41) is 1.75. The summed E-state index contributed by atoms with van der Waals surface area (Å²) >= 11 is 11.8. The molecule has 0 spiro atoms. The zero-order valence-electron chi connectivity index (χ0n) is 56.7. The van der Waals surface area contributed by atoms with E-state index in [4.69, 9.17) is 91.9 Å². The lowest BCUT2D eigenvalue weighted by atomic mass is 10.0. The first-order chi connectivity index (χ1) is 49.0. The number of hydrogen-bond donors (Lipinski definition) is 2. The fourth-order valence-electron chi connectivity index (χ4n) is 12.4. The van der Waals surface area contributed by atoms with Crippen LogP contribution in [0.5, 0.6) is 0 Å². The number of hydrogen-bond acceptors (Lipinski definition) is 24. The molecule has 0 saturated carbocycles. The lowest BCUT2D eigenvalue weighted by molar-refractivity contribution is -0.0475. The number of imidazole rings is 2. The molecule has 2 N–H and O–H groups in total. The molecule has 0 aromatic carbocycles. The van der Waals surface area contributed by atoms with Gasteiger partial charge in [0.2, 0.25) is 24.6 Å². The lowest BCUT2D eigenvalue weighted by Crippen LogP contribution is -2.29. The third-order valence-corrected chi connectivity index (χ3v) is 23.0. The summed E-state index contributed by atoms with van der Waals surface area (Å²) in [5.41, 5.74) is 2.39. The van der Waals surface area contributed by atoms with E-state index in [9.17, 15) is 28.5 Å². The Morgan fingerprint density at radius 1 is 0.598 bits per heavy atom. The average molecular weight is 1530 g/mol. The van der Waals surface area contributed by atoms with Crippen LogP contribution in [0.1, 0.15) is 81.1 Å². The predicted molar refractivity (Wildman–Crippen MR) is 385 cm³/mol. The summed E-state index contributed by atoms with van der Waals surface area (Å²) in [6.07, 6.45) is 14.1. The van der Waals surface area contributed by atoms with E-state index < -0.39 is 103 Å². The van der Waals surface area contributed by atoms with Gasteiger partial charge in [0.15, 0.2) is 24.7 Å². The first kappa shape index (κ1) is 76.2. The van der Waals surface area contributed by atoms with E-state index in [2.05, 4.69) is 39.6 Å². The van der Waals surface area contributed by atoms with Crippen molar-refractivity contribution in [3.63, 3.8) is 0 Å². The van der Waals surface area contributed by atoms with Gasteiger partial charge in [-0.05, 0) is 60.7 Å². The first-order valence-electron chi connectivity index (χ1n) is 32.5. The van der Waals surface area contributed by atoms with Gasteiger partial charge in [0, 0.05) is 150 Å². The SMILES string of the molecule is [C-]#[N+]CCOP(=S)(OC[C@H]1O[C@@H](n2ccc(=O)n3ccnc23)[C@H](O[P+](=O)O)[C@@H]1C)O[C@H]1C[C@H](n2ccc3c(N=CN(C)C)ccnc32)O[C@@H]1CC.[C-]#[N+]CCOP(=S)(OC[C@H]1O[C@@H](n2ccc(=O)n3ccnc23)[C@H](O[P+](=O)O)[C@@H]1C)O[C@H]1C[C@H](n2ccc3c(N=CN(C)C)ccnc32)O[C@@H]1CC.[HH].[HH]. The van der Waals surface area contributed by atoms with Crippen LogP contribution < -0.4 is 11.1 Å². The van der Waals surface area contributed by atoms with Crippen molar-refractivity contribution < 1.29 is 76.9 Å². The second-order valence-electron chi connectivity index (χ2n) is 24.5. The highest BCUT2D eigenvalue weighted by molar-refractivity contribution is 8.07. The second-order valence-corrected chi connectivity index (χ2v) is 31.8. The lowest BCUT2D eigenvalue weighted by Gasteiger charge is -2.28. The summed E-state index contributed by atoms with van der Waals surface area (Å²) in [7, 11) is 1.60. The molecule has 0 radical (unpaired) electrons. The van der Waals surface area contributed by atoms with E-state index in [0.29, 0.717) is 37.0 Å². The van der Waals surface area contributed by atoms with Gasteiger partial charge in [-0.15, -0.1) is 18.8 Å². The van der Waals surface area contributed by atoms with Crippen molar-refractivity contribution in [1.29, 1.82) is 0 Å². The number of fused-ring (bicyclic) bond motifs is 4. The number of ether oxygens (including phenoxy) is 4. The van der Waals surface area contributed by atoms with Gasteiger partial charge in [-0.2, -0.15) is 0 Å². The van der Waals surface area contributed by atoms with E-state index in [0.717, 1.165) is 22.1 Å². The van der Waals surface area contributed by atoms with Crippen LogP contribution >= 0.6 is 29.9 Å². The molecule has 4 aliphatic rings. The fourth-order valence-corrected chi connectivity index (χ4v) is 17.7. The zero-order valence-corrected chi connectivity index (χ0v) is 61.9. The Morgan fingerprint density at radius 2 is 1.00 bits per heavy atom. The molecule has 0 amide bonds. The smallest absolute Gasteiger partial charge is 0.369 e. The number of aromatic nitrogens is 10. The third-order valence-electron chi connectivity index (χ3n) is 17.4. The van der Waals surface area contributed by atoms with E-state index in [1.54, 1.807) is 48.1 Å². The van der Waals surface area contributed by atoms with Crippen molar-refractivity contribution in [2.45, 2.75) is 127 Å². The maximum Gasteiger partial charge on any atom is 0.695 e. The number of rotatable bonds is 30. The Balaban J connectivity index is 0.000000237. The van der Waals surface area contributed by atoms with Crippen LogP contribution in [0.2, 0.25) is 0 Å². The molecule has 40 heteroatoms. The van der Waals surface area contributed by atoms with Crippen LogP contribution in [0.15, 0.2) is 118 Å². The highest BCUT2D eigenvalue weighted by Gasteiger charge is 2.52. The zero-order chi connectivity index (χ0) is 72.6. The molecule has 4 saturated heterocycles. The molecule has 4 fully saturated rings. The molecule has 102 heavy (non-hydrogen) atoms. The standard InChI is InChI=1S/2C31H38N8O9P2S.2H2/c2*1-6-23-24(17-27(45-23)38-13-8-21-22(35-19-36(4)5)7-10-33-29(21)38)48-50(51,43-16-12-32-3)44-18-25-20(2)28(47-49(41)42)30(46-25)39-14-9-26(40)37-15-11-34-31(37)39;;/h2*7-11,13-15,19-20,23-25,27-28,30H,6,12,16-18H2,1-2,4-5H3;2*1H/p+2/t2*20-,23-,24+,25-,27-,28-,30-,50?;;/m11../s1. The van der Waals surface area contributed by atoms with Crippen molar-refractivity contribution in [2.75, 3.05) is 67.7 Å². The molecular formula is C62H82N16O18P4S2+2. The molecule has 0 aliphatic carbocycles. The van der Waals surface area contributed by atoms with Crippen LogP contribution in [0.3, 0.4) is 0 Å². The third kappa shape index (κ3) is 17.4. The number of nitrogens with zero attached hydrogens (tertiary/aromatic N) is 16. The van der Waals surface area contributed by atoms with E-state index >= 15 is 0 Å². The Bertz CT molecular complexity index is 4400. The number of pyridine rings is 2. The van der Waals surface area contributed by atoms with Crippen LogP contribution in [-0.2, 0) is 87.9 Å². The Labute approximate surface area is 600 Å². The Morgan fingerprint density at radius 3 is 1.37 bits per heavy atom. The molecular weight excluding hydrogens is 1440 g/mol. The van der Waals surface area contributed by atoms with E-state index in [-0.39, 0.29) is 77.3 Å². The molecule has 4 unspecified atom stereocenters. The highest BCUT2D eigenvalue weighted by Crippen LogP contribution is 2.57. The molecule has 34 nitrogen and oxygen atoms in total. The molecule has 12 rings (SSSR count). The number of aliphatic imine (C=N–C) groups is 2. The van der Waals surface area contributed by atoms with Gasteiger partial charge < -0.3 is 74.7 Å². The van der Waals surface area contributed by atoms with E-state index in [1.165, 1.54) is 58.1 Å². The van der Waals surface area contributed by atoms with Gasteiger partial charge in [-0.1, -0.05) is 27.7 Å². The van der Waals surface area contributed by atoms with Gasteiger partial charge in [0.1, 0.15) is 37.0 Å². The van der Waals surface area contributed by atoms with Gasteiger partial charge >= 0.3 is 29.9 Å². The molecule has 12 heterocycles. The van der Waals surface area contributed by atoms with Gasteiger partial charge in [-0.3, -0.25) is 27.5 Å². The van der Waals surface area contributed by atoms with Crippen LogP contribution in [0.4, 0.5) is 11.4 Å². The molecule has 4 aliphatic heterocycles. The van der Waals surface area contributed by atoms with Crippen LogP contribution in [-0.4, -0.2) is 196 Å². The average Bonchev–Trinajstić information content (AvgIpc) is 1.61. The minimum atomic E-state index is -3.51. The minimum Gasteiger partial charge on any atom is -0.369 e. The minimum absolute atomic E-state index is 0. The summed E-state index contributed by atoms with van der Waals surface area (Å²) < 4.78 is 107. The predicted octanol–water partition coefficient (Wildman–Crippen LogP) is 9.68. The van der Waals surface area contributed by atoms with Crippen molar-refractivity contribution in [3.8, 4) is 0 Å². The van der Waals surface area contributed by atoms with Crippen molar-refractivity contribution in [3.05, 3.63) is 142 Å². The topological polar surface area (TPSA) is 340 Å². The largest absolute Gasteiger partial charge is 0.695 e. The van der Waals surface area contributed by atoms with Crippen molar-refractivity contribution in [2.24, 2.45) is 21.8 Å². The van der Waals surface area contributed by atoms with Crippen LogP contribution in [0.25, 0.3) is 43.3 Å². The summed E-state index contributed by atoms with van der Waals surface area (Å²) in [6, 6.07) is 10.3. The first-order valence-corrected chi connectivity index (χ1v) is 39.9. The molecule has 8 aromatic rings. The normalized spacial score (nSPS) is 26.6. The fraction of sp³-hybridized carbons (Fsp3) is 0.516. The van der Waals surface area contributed by atoms with Crippen molar-refractivity contribution in [1.82, 2.24) is 56.8 Å². The maximum atomic E-state index is 12.4. The van der Waals surface area contributed by atoms with Crippen LogP contribution in [0, 0.1) is 25.0 Å². The molecule has 548 valence electrons. The monoisotopic (exact) mass is 1530 g/mol. The van der Waals surface area contributed by atoms with E-state index in [1.807, 2.05) is 97.6 Å². The molecule has 0 bridgehead atoms. The van der Waals surface area contributed by atoms with Gasteiger partial charge in [0.05, 0.1) is 73.9 Å². The quantitative estimate of drug-likeness (QED) is 0.0139. The van der Waals surface area contributed by atoms with Gasteiger partial charge in [0.25, 0.3) is 11.1 Å². The van der Waals surface area contributed by atoms with Crippen molar-refractivity contribution >= 4 is 111 Å².